The quantitative estimate of drug-likeness (QED) is 0.811. The molecule has 2 aromatic heterocycles. The van der Waals surface area contributed by atoms with Crippen LogP contribution in [0.1, 0.15) is 43.0 Å². The molecule has 1 unspecified atom stereocenters. The minimum Gasteiger partial charge on any atom is -0.341 e. The first-order valence-electron chi connectivity index (χ1n) is 10.0. The van der Waals surface area contributed by atoms with E-state index in [9.17, 15) is 4.79 Å². The zero-order valence-electron chi connectivity index (χ0n) is 15.9. The van der Waals surface area contributed by atoms with Crippen LogP contribution in [-0.4, -0.2) is 56.7 Å². The number of likely N-dealkylation sites (tertiary alicyclic amines) is 2. The monoisotopic (exact) mass is 385 g/mol. The number of carbonyl (C=O) groups excluding carboxylic acids is 1. The second-order valence-corrected chi connectivity index (χ2v) is 9.40. The van der Waals surface area contributed by atoms with Crippen molar-refractivity contribution in [2.24, 2.45) is 18.4 Å². The van der Waals surface area contributed by atoms with Gasteiger partial charge in [-0.1, -0.05) is 0 Å². The first-order valence-corrected chi connectivity index (χ1v) is 10.9. The third kappa shape index (κ3) is 3.21. The van der Waals surface area contributed by atoms with Crippen LogP contribution in [0.4, 0.5) is 0 Å². The topological polar surface area (TPSA) is 54.3 Å². The first-order chi connectivity index (χ1) is 13.1. The second kappa shape index (κ2) is 6.71. The minimum absolute atomic E-state index is 0.149. The lowest BCUT2D eigenvalue weighted by molar-refractivity contribution is -0.132. The number of hydrogen-bond donors (Lipinski definition) is 0. The van der Waals surface area contributed by atoms with E-state index in [0.29, 0.717) is 17.7 Å². The summed E-state index contributed by atoms with van der Waals surface area (Å²) in [5.41, 5.74) is 1.56. The molecule has 27 heavy (non-hydrogen) atoms. The molecule has 2 aliphatic heterocycles. The third-order valence-electron chi connectivity index (χ3n) is 6.78. The predicted molar refractivity (Wildman–Crippen MR) is 104 cm³/mol. The van der Waals surface area contributed by atoms with E-state index in [4.69, 9.17) is 0 Å². The summed E-state index contributed by atoms with van der Waals surface area (Å²) in [6, 6.07) is 2.23. The van der Waals surface area contributed by atoms with Gasteiger partial charge in [-0.15, -0.1) is 10.2 Å². The van der Waals surface area contributed by atoms with Crippen molar-refractivity contribution in [2.45, 2.75) is 38.1 Å². The predicted octanol–water partition coefficient (Wildman–Crippen LogP) is 2.49. The Labute approximate surface area is 164 Å². The smallest absolute Gasteiger partial charge is 0.225 e. The van der Waals surface area contributed by atoms with Gasteiger partial charge in [0.1, 0.15) is 12.2 Å². The molecule has 5 rings (SSSR count). The number of hydrogen-bond acceptors (Lipinski definition) is 5. The van der Waals surface area contributed by atoms with Crippen molar-refractivity contribution < 1.29 is 4.79 Å². The van der Waals surface area contributed by atoms with Crippen LogP contribution in [0.15, 0.2) is 23.2 Å². The van der Waals surface area contributed by atoms with E-state index < -0.39 is 0 Å². The van der Waals surface area contributed by atoms with Crippen molar-refractivity contribution in [1.29, 1.82) is 0 Å². The van der Waals surface area contributed by atoms with E-state index in [0.717, 1.165) is 64.2 Å². The highest BCUT2D eigenvalue weighted by atomic mass is 32.1. The van der Waals surface area contributed by atoms with Crippen LogP contribution in [0, 0.1) is 11.3 Å². The van der Waals surface area contributed by atoms with Crippen LogP contribution in [0.25, 0.3) is 0 Å². The number of rotatable bonds is 4. The van der Waals surface area contributed by atoms with Gasteiger partial charge in [0.25, 0.3) is 0 Å². The van der Waals surface area contributed by atoms with Gasteiger partial charge in [0.15, 0.2) is 0 Å². The Hall–Kier alpha value is -1.73. The molecule has 7 heteroatoms. The van der Waals surface area contributed by atoms with Gasteiger partial charge in [0.05, 0.1) is 0 Å². The number of thiophene rings is 1. The fourth-order valence-corrected chi connectivity index (χ4v) is 5.65. The second-order valence-electron chi connectivity index (χ2n) is 8.62. The molecule has 1 aliphatic carbocycles. The fraction of sp³-hybridized carbons (Fsp3) is 0.650. The van der Waals surface area contributed by atoms with Crippen molar-refractivity contribution in [1.82, 2.24) is 24.6 Å². The van der Waals surface area contributed by atoms with Gasteiger partial charge in [-0.25, -0.2) is 0 Å². The van der Waals surface area contributed by atoms with Crippen LogP contribution in [-0.2, 0) is 18.4 Å². The van der Waals surface area contributed by atoms with Crippen molar-refractivity contribution in [3.05, 3.63) is 34.5 Å². The SMILES string of the molecule is Cn1cnnc1C1CN(C(=O)C2CC2)CC12CCN(Cc1ccsc1)CC2. The van der Waals surface area contributed by atoms with Gasteiger partial charge in [-0.05, 0) is 61.2 Å². The Morgan fingerprint density at radius 1 is 1.33 bits per heavy atom. The summed E-state index contributed by atoms with van der Waals surface area (Å²) in [6.07, 6.45) is 6.20. The first kappa shape index (κ1) is 17.4. The highest BCUT2D eigenvalue weighted by Gasteiger charge is 2.52. The number of aromatic nitrogens is 3. The van der Waals surface area contributed by atoms with Crippen LogP contribution < -0.4 is 0 Å². The summed E-state index contributed by atoms with van der Waals surface area (Å²) in [5, 5.41) is 13.0. The third-order valence-corrected chi connectivity index (χ3v) is 7.51. The summed E-state index contributed by atoms with van der Waals surface area (Å²) in [6.45, 7) is 4.93. The van der Waals surface area contributed by atoms with Crippen LogP contribution in [0.3, 0.4) is 0 Å². The highest BCUT2D eigenvalue weighted by molar-refractivity contribution is 7.07. The molecule has 144 valence electrons. The molecule has 1 spiro atoms. The zero-order valence-corrected chi connectivity index (χ0v) is 16.7. The summed E-state index contributed by atoms with van der Waals surface area (Å²) in [5.74, 6) is 2.02. The highest BCUT2D eigenvalue weighted by Crippen LogP contribution is 2.50. The lowest BCUT2D eigenvalue weighted by atomic mass is 9.70. The van der Waals surface area contributed by atoms with E-state index in [2.05, 4.69) is 41.4 Å². The normalized spacial score (nSPS) is 25.4. The maximum absolute atomic E-state index is 12.8. The molecule has 6 nitrogen and oxygen atoms in total. The molecule has 3 aliphatic rings. The Balaban J connectivity index is 1.35. The molecule has 0 N–H and O–H groups in total. The van der Waals surface area contributed by atoms with Gasteiger partial charge in [0.2, 0.25) is 5.91 Å². The zero-order chi connectivity index (χ0) is 18.4. The molecular weight excluding hydrogens is 358 g/mol. The largest absolute Gasteiger partial charge is 0.341 e. The number of aryl methyl sites for hydroxylation is 1. The average Bonchev–Trinajstić information content (AvgIpc) is 3.05. The molecule has 1 atom stereocenters. The Kier molecular flexibility index (Phi) is 4.31. The molecule has 2 saturated heterocycles. The molecular formula is C20H27N5OS. The summed E-state index contributed by atoms with van der Waals surface area (Å²) < 4.78 is 2.05. The van der Waals surface area contributed by atoms with Crippen molar-refractivity contribution >= 4 is 17.2 Å². The van der Waals surface area contributed by atoms with E-state index >= 15 is 0 Å². The van der Waals surface area contributed by atoms with E-state index in [1.807, 2.05) is 7.05 Å². The molecule has 4 heterocycles. The minimum atomic E-state index is 0.149. The molecule has 3 fully saturated rings. The van der Waals surface area contributed by atoms with Gasteiger partial charge in [-0.2, -0.15) is 11.3 Å². The Morgan fingerprint density at radius 2 is 2.15 bits per heavy atom. The molecule has 0 bridgehead atoms. The average molecular weight is 386 g/mol. The number of piperidine rings is 1. The summed E-state index contributed by atoms with van der Waals surface area (Å²) in [4.78, 5) is 17.5. The van der Waals surface area contributed by atoms with Crippen LogP contribution >= 0.6 is 11.3 Å². The lowest BCUT2D eigenvalue weighted by Gasteiger charge is -2.42. The number of amides is 1. The van der Waals surface area contributed by atoms with Gasteiger partial charge < -0.3 is 9.47 Å². The fourth-order valence-electron chi connectivity index (χ4n) is 4.99. The van der Waals surface area contributed by atoms with Crippen molar-refractivity contribution in [2.75, 3.05) is 26.2 Å². The number of carbonyl (C=O) groups is 1. The molecule has 1 saturated carbocycles. The van der Waals surface area contributed by atoms with Crippen molar-refractivity contribution in [3.63, 3.8) is 0 Å². The maximum atomic E-state index is 12.8. The molecule has 0 aromatic carbocycles. The summed E-state index contributed by atoms with van der Waals surface area (Å²) >= 11 is 1.77. The van der Waals surface area contributed by atoms with E-state index in [-0.39, 0.29) is 5.41 Å². The lowest BCUT2D eigenvalue weighted by Crippen LogP contribution is -2.44. The van der Waals surface area contributed by atoms with Gasteiger partial charge >= 0.3 is 0 Å². The standard InChI is InChI=1S/C20H27N5OS/c1-23-14-21-22-18(23)17-11-25(19(26)16-2-3-16)13-20(17)5-7-24(8-6-20)10-15-4-9-27-12-15/h4,9,12,14,16-17H,2-3,5-8,10-11,13H2,1H3. The van der Waals surface area contributed by atoms with E-state index in [1.54, 1.807) is 17.7 Å². The Morgan fingerprint density at radius 3 is 2.78 bits per heavy atom. The van der Waals surface area contributed by atoms with Gasteiger partial charge in [-0.3, -0.25) is 9.69 Å². The van der Waals surface area contributed by atoms with Crippen molar-refractivity contribution in [3.8, 4) is 0 Å². The molecule has 0 radical (unpaired) electrons. The van der Waals surface area contributed by atoms with Gasteiger partial charge in [0, 0.05) is 43.9 Å². The summed E-state index contributed by atoms with van der Waals surface area (Å²) in [7, 11) is 2.03. The number of nitrogens with zero attached hydrogens (tertiary/aromatic N) is 5. The van der Waals surface area contributed by atoms with E-state index in [1.165, 1.54) is 5.56 Å². The van der Waals surface area contributed by atoms with Crippen LogP contribution in [0.5, 0.6) is 0 Å². The molecule has 1 amide bonds. The molecule has 2 aromatic rings. The maximum Gasteiger partial charge on any atom is 0.225 e. The van der Waals surface area contributed by atoms with Crippen LogP contribution in [0.2, 0.25) is 0 Å². The Bertz CT molecular complexity index is 804.